The maximum Gasteiger partial charge on any atom is 0.341 e. The lowest BCUT2D eigenvalue weighted by atomic mass is 10.1. The third kappa shape index (κ3) is 4.46. The number of benzene rings is 1. The Balaban J connectivity index is 1.87. The number of carbonyl (C=O) groups excluding carboxylic acids is 1. The van der Waals surface area contributed by atoms with E-state index >= 15 is 0 Å². The van der Waals surface area contributed by atoms with Crippen LogP contribution in [0.5, 0.6) is 5.75 Å². The quantitative estimate of drug-likeness (QED) is 0.851. The molecule has 114 valence electrons. The summed E-state index contributed by atoms with van der Waals surface area (Å²) in [6.45, 7) is 1.30. The fourth-order valence-electron chi connectivity index (χ4n) is 2.23. The van der Waals surface area contributed by atoms with Crippen LogP contribution < -0.4 is 4.74 Å². The van der Waals surface area contributed by atoms with Crippen molar-refractivity contribution in [2.45, 2.75) is 13.0 Å². The van der Waals surface area contributed by atoms with Crippen molar-refractivity contribution >= 4 is 11.9 Å². The third-order valence-electron chi connectivity index (χ3n) is 3.36. The van der Waals surface area contributed by atoms with Crippen molar-refractivity contribution in [2.24, 2.45) is 5.92 Å². The van der Waals surface area contributed by atoms with Crippen molar-refractivity contribution in [3.63, 3.8) is 0 Å². The van der Waals surface area contributed by atoms with Gasteiger partial charge >= 0.3 is 5.97 Å². The van der Waals surface area contributed by atoms with Crippen LogP contribution in [0.25, 0.3) is 0 Å². The highest BCUT2D eigenvalue weighted by molar-refractivity contribution is 5.79. The van der Waals surface area contributed by atoms with E-state index in [4.69, 9.17) is 14.6 Å². The van der Waals surface area contributed by atoms with Crippen molar-refractivity contribution in [1.29, 1.82) is 0 Å². The van der Waals surface area contributed by atoms with E-state index in [1.807, 2.05) is 12.1 Å². The van der Waals surface area contributed by atoms with Crippen molar-refractivity contribution in [1.82, 2.24) is 4.90 Å². The van der Waals surface area contributed by atoms with Gasteiger partial charge in [0, 0.05) is 20.2 Å². The number of hydrogen-bond acceptors (Lipinski definition) is 4. The van der Waals surface area contributed by atoms with Crippen LogP contribution in [0.1, 0.15) is 12.0 Å². The second-order valence-electron chi connectivity index (χ2n) is 5.08. The van der Waals surface area contributed by atoms with E-state index in [-0.39, 0.29) is 18.4 Å². The second kappa shape index (κ2) is 7.08. The zero-order chi connectivity index (χ0) is 15.2. The maximum atomic E-state index is 12.2. The Labute approximate surface area is 123 Å². The van der Waals surface area contributed by atoms with Gasteiger partial charge in [-0.1, -0.05) is 12.1 Å². The molecule has 0 spiro atoms. The predicted octanol–water partition coefficient (Wildman–Crippen LogP) is 1.14. The summed E-state index contributed by atoms with van der Waals surface area (Å²) in [6, 6.07) is 7.06. The van der Waals surface area contributed by atoms with Crippen LogP contribution in [0, 0.1) is 5.92 Å². The summed E-state index contributed by atoms with van der Waals surface area (Å²) < 4.78 is 10.3. The molecule has 1 aliphatic rings. The topological polar surface area (TPSA) is 76.1 Å². The number of hydrogen-bond donors (Lipinski definition) is 1. The van der Waals surface area contributed by atoms with Gasteiger partial charge in [0.05, 0.1) is 12.5 Å². The van der Waals surface area contributed by atoms with E-state index in [1.54, 1.807) is 24.1 Å². The molecular weight excluding hydrogens is 274 g/mol. The summed E-state index contributed by atoms with van der Waals surface area (Å²) in [6.07, 6.45) is 0.783. The first-order valence-corrected chi connectivity index (χ1v) is 6.82. The molecule has 1 saturated heterocycles. The molecule has 21 heavy (non-hydrogen) atoms. The van der Waals surface area contributed by atoms with E-state index in [2.05, 4.69) is 0 Å². The van der Waals surface area contributed by atoms with Gasteiger partial charge in [-0.15, -0.1) is 0 Å². The van der Waals surface area contributed by atoms with Gasteiger partial charge in [-0.2, -0.15) is 0 Å². The number of ether oxygens (including phenoxy) is 2. The van der Waals surface area contributed by atoms with Crippen LogP contribution in [-0.2, 0) is 20.9 Å². The van der Waals surface area contributed by atoms with Gasteiger partial charge in [-0.25, -0.2) is 4.79 Å². The summed E-state index contributed by atoms with van der Waals surface area (Å²) in [4.78, 5) is 24.2. The normalized spacial score (nSPS) is 17.5. The molecule has 0 bridgehead atoms. The first kappa shape index (κ1) is 15.3. The summed E-state index contributed by atoms with van der Waals surface area (Å²) in [5.74, 6) is -0.450. The van der Waals surface area contributed by atoms with Crippen LogP contribution >= 0.6 is 0 Å². The van der Waals surface area contributed by atoms with Gasteiger partial charge in [0.25, 0.3) is 0 Å². The Kier molecular flexibility index (Phi) is 5.16. The van der Waals surface area contributed by atoms with Crippen LogP contribution in [0.4, 0.5) is 0 Å². The number of aliphatic carboxylic acids is 1. The maximum absolute atomic E-state index is 12.2. The number of carboxylic acids is 1. The van der Waals surface area contributed by atoms with Crippen LogP contribution in [-0.4, -0.2) is 48.8 Å². The van der Waals surface area contributed by atoms with E-state index in [9.17, 15) is 9.59 Å². The van der Waals surface area contributed by atoms with E-state index in [0.29, 0.717) is 25.5 Å². The summed E-state index contributed by atoms with van der Waals surface area (Å²) in [5, 5.41) is 8.53. The molecule has 1 aromatic rings. The highest BCUT2D eigenvalue weighted by Gasteiger charge is 2.26. The largest absolute Gasteiger partial charge is 0.482 e. The van der Waals surface area contributed by atoms with Gasteiger partial charge in [-0.3, -0.25) is 4.79 Å². The minimum absolute atomic E-state index is 0.0341. The zero-order valence-corrected chi connectivity index (χ0v) is 11.9. The Morgan fingerprint density at radius 1 is 1.38 bits per heavy atom. The SMILES string of the molecule is CN(Cc1ccc(OCC(=O)O)cc1)C(=O)[C@@H]1CCOC1. The highest BCUT2D eigenvalue weighted by Crippen LogP contribution is 2.17. The van der Waals surface area contributed by atoms with Crippen LogP contribution in [0.3, 0.4) is 0 Å². The number of rotatable bonds is 6. The molecule has 0 unspecified atom stereocenters. The van der Waals surface area contributed by atoms with E-state index in [1.165, 1.54) is 0 Å². The van der Waals surface area contributed by atoms with E-state index < -0.39 is 5.97 Å². The molecule has 1 heterocycles. The summed E-state index contributed by atoms with van der Waals surface area (Å²) in [7, 11) is 1.77. The lowest BCUT2D eigenvalue weighted by Gasteiger charge is -2.20. The Bertz CT molecular complexity index is 493. The monoisotopic (exact) mass is 293 g/mol. The number of amides is 1. The molecule has 1 atom stereocenters. The average Bonchev–Trinajstić information content (AvgIpc) is 2.99. The molecule has 1 aliphatic heterocycles. The van der Waals surface area contributed by atoms with E-state index in [0.717, 1.165) is 12.0 Å². The van der Waals surface area contributed by atoms with Gasteiger partial charge < -0.3 is 19.5 Å². The van der Waals surface area contributed by atoms with Crippen LogP contribution in [0.2, 0.25) is 0 Å². The second-order valence-corrected chi connectivity index (χ2v) is 5.08. The Hall–Kier alpha value is -2.08. The average molecular weight is 293 g/mol. The molecule has 1 N–H and O–H groups in total. The fraction of sp³-hybridized carbons (Fsp3) is 0.467. The van der Waals surface area contributed by atoms with Gasteiger partial charge in [0.15, 0.2) is 6.61 Å². The summed E-state index contributed by atoms with van der Waals surface area (Å²) in [5.41, 5.74) is 0.965. The first-order chi connectivity index (χ1) is 10.1. The molecular formula is C15H19NO5. The van der Waals surface area contributed by atoms with Crippen molar-refractivity contribution in [2.75, 3.05) is 26.9 Å². The molecule has 1 amide bonds. The molecule has 1 aromatic carbocycles. The lowest BCUT2D eigenvalue weighted by molar-refractivity contribution is -0.139. The molecule has 0 aromatic heterocycles. The smallest absolute Gasteiger partial charge is 0.341 e. The van der Waals surface area contributed by atoms with Crippen molar-refractivity contribution in [3.8, 4) is 5.75 Å². The fourth-order valence-corrected chi connectivity index (χ4v) is 2.23. The summed E-state index contributed by atoms with van der Waals surface area (Å²) >= 11 is 0. The Morgan fingerprint density at radius 2 is 2.10 bits per heavy atom. The third-order valence-corrected chi connectivity index (χ3v) is 3.36. The molecule has 0 saturated carbocycles. The Morgan fingerprint density at radius 3 is 2.67 bits per heavy atom. The minimum atomic E-state index is -1.01. The highest BCUT2D eigenvalue weighted by atomic mass is 16.5. The molecule has 1 fully saturated rings. The predicted molar refractivity (Wildman–Crippen MR) is 75.0 cm³/mol. The molecule has 2 rings (SSSR count). The van der Waals surface area contributed by atoms with Crippen molar-refractivity contribution < 1.29 is 24.2 Å². The van der Waals surface area contributed by atoms with Crippen LogP contribution in [0.15, 0.2) is 24.3 Å². The van der Waals surface area contributed by atoms with Crippen molar-refractivity contribution in [3.05, 3.63) is 29.8 Å². The molecule has 0 radical (unpaired) electrons. The van der Waals surface area contributed by atoms with Gasteiger partial charge in [0.2, 0.25) is 5.91 Å². The minimum Gasteiger partial charge on any atom is -0.482 e. The number of carboxylic acid groups (broad SMARTS) is 1. The number of nitrogens with zero attached hydrogens (tertiary/aromatic N) is 1. The lowest BCUT2D eigenvalue weighted by Crippen LogP contribution is -2.32. The molecule has 6 nitrogen and oxygen atoms in total. The van der Waals surface area contributed by atoms with Gasteiger partial charge in [0.1, 0.15) is 5.75 Å². The van der Waals surface area contributed by atoms with Gasteiger partial charge in [-0.05, 0) is 24.1 Å². The molecule has 6 heteroatoms. The zero-order valence-electron chi connectivity index (χ0n) is 11.9. The molecule has 0 aliphatic carbocycles. The first-order valence-electron chi connectivity index (χ1n) is 6.82. The standard InChI is InChI=1S/C15H19NO5/c1-16(15(19)12-6-7-20-9-12)8-11-2-4-13(5-3-11)21-10-14(17)18/h2-5,12H,6-10H2,1H3,(H,17,18)/t12-/m1/s1. The number of carbonyl (C=O) groups is 2.